The molecule has 1 N–H and O–H groups in total. The minimum absolute atomic E-state index is 0.0732. The van der Waals surface area contributed by atoms with E-state index in [2.05, 4.69) is 4.98 Å². The summed E-state index contributed by atoms with van der Waals surface area (Å²) in [5.74, 6) is -0.482. The van der Waals surface area contributed by atoms with Crippen LogP contribution < -0.4 is 14.4 Å². The van der Waals surface area contributed by atoms with Gasteiger partial charge >= 0.3 is 0 Å². The van der Waals surface area contributed by atoms with E-state index in [0.717, 1.165) is 0 Å². The van der Waals surface area contributed by atoms with E-state index in [1.54, 1.807) is 36.4 Å². The van der Waals surface area contributed by atoms with Crippen LogP contribution in [-0.2, 0) is 9.59 Å². The summed E-state index contributed by atoms with van der Waals surface area (Å²) in [6, 6.07) is 9.60. The Balaban J connectivity index is 2.17. The number of amides is 1. The number of hydrogen-bond acceptors (Lipinski definition) is 6. The van der Waals surface area contributed by atoms with Crippen molar-refractivity contribution >= 4 is 17.4 Å². The van der Waals surface area contributed by atoms with Crippen molar-refractivity contribution in [1.82, 2.24) is 4.98 Å². The number of para-hydroxylation sites is 1. The molecule has 0 bridgehead atoms. The number of aliphatic hydroxyl groups excluding tert-OH is 1. The normalized spacial score (nSPS) is 16.5. The summed E-state index contributed by atoms with van der Waals surface area (Å²) < 4.78 is 10.6. The molecule has 1 aliphatic rings. The molecule has 1 atom stereocenters. The monoisotopic (exact) mass is 396 g/mol. The van der Waals surface area contributed by atoms with Crippen LogP contribution >= 0.6 is 0 Å². The zero-order chi connectivity index (χ0) is 21.1. The number of carbonyl (C=O) groups excluding carboxylic acids is 2. The number of aromatic nitrogens is 1. The van der Waals surface area contributed by atoms with Crippen LogP contribution in [0.4, 0.5) is 5.69 Å². The number of pyridine rings is 1. The number of ketones is 1. The second-order valence-electron chi connectivity index (χ2n) is 7.16. The van der Waals surface area contributed by atoms with Gasteiger partial charge in [0.05, 0.1) is 37.7 Å². The third-order valence-electron chi connectivity index (χ3n) is 4.74. The van der Waals surface area contributed by atoms with Crippen LogP contribution in [0, 0.1) is 5.92 Å². The quantitative estimate of drug-likeness (QED) is 0.769. The predicted octanol–water partition coefficient (Wildman–Crippen LogP) is 3.61. The maximum atomic E-state index is 13.0. The molecule has 0 aliphatic carbocycles. The molecule has 1 aliphatic heterocycles. The van der Waals surface area contributed by atoms with E-state index in [0.29, 0.717) is 22.9 Å². The topological polar surface area (TPSA) is 89.0 Å². The number of hydrogen-bond donors (Lipinski definition) is 1. The third kappa shape index (κ3) is 3.81. The fraction of sp³-hybridized carbons (Fsp3) is 0.318. The van der Waals surface area contributed by atoms with Crippen LogP contribution in [-0.4, -0.2) is 36.0 Å². The van der Waals surface area contributed by atoms with Crippen LogP contribution in [0.5, 0.6) is 11.6 Å². The molecule has 0 saturated heterocycles. The first-order valence-corrected chi connectivity index (χ1v) is 9.31. The maximum Gasteiger partial charge on any atom is 0.294 e. The van der Waals surface area contributed by atoms with Gasteiger partial charge in [-0.25, -0.2) is 4.98 Å². The standard InChI is InChI=1S/C22H24N2O5/c1-13(2)11-16(25)19-20(15-7-5-6-8-17(15)28-3)24(22(27)21(19)26)14-9-10-18(29-4)23-12-14/h5-10,12-13,20,26H,11H2,1-4H3. The van der Waals surface area contributed by atoms with Crippen molar-refractivity contribution in [2.24, 2.45) is 5.92 Å². The third-order valence-corrected chi connectivity index (χ3v) is 4.74. The Bertz CT molecular complexity index is 950. The van der Waals surface area contributed by atoms with Crippen molar-refractivity contribution < 1.29 is 24.2 Å². The smallest absolute Gasteiger partial charge is 0.294 e. The minimum Gasteiger partial charge on any atom is -0.503 e. The second kappa shape index (κ2) is 8.34. The Hall–Kier alpha value is -3.35. The second-order valence-corrected chi connectivity index (χ2v) is 7.16. The van der Waals surface area contributed by atoms with Gasteiger partial charge < -0.3 is 14.6 Å². The van der Waals surface area contributed by atoms with Gasteiger partial charge in [0.25, 0.3) is 5.91 Å². The molecule has 1 unspecified atom stereocenters. The van der Waals surface area contributed by atoms with Gasteiger partial charge in [-0.1, -0.05) is 32.0 Å². The van der Waals surface area contributed by atoms with Crippen molar-refractivity contribution in [2.75, 3.05) is 19.1 Å². The lowest BCUT2D eigenvalue weighted by Gasteiger charge is -2.28. The SMILES string of the molecule is COc1ccc(N2C(=O)C(O)=C(C(=O)CC(C)C)C2c2ccccc2OC)cn1. The van der Waals surface area contributed by atoms with Gasteiger partial charge in [0.15, 0.2) is 11.5 Å². The maximum absolute atomic E-state index is 13.0. The van der Waals surface area contributed by atoms with Crippen LogP contribution in [0.3, 0.4) is 0 Å². The van der Waals surface area contributed by atoms with E-state index >= 15 is 0 Å². The fourth-order valence-electron chi connectivity index (χ4n) is 3.46. The fourth-order valence-corrected chi connectivity index (χ4v) is 3.46. The van der Waals surface area contributed by atoms with Crippen molar-refractivity contribution in [1.29, 1.82) is 0 Å². The molecule has 3 rings (SSSR count). The van der Waals surface area contributed by atoms with E-state index in [-0.39, 0.29) is 23.7 Å². The van der Waals surface area contributed by atoms with Gasteiger partial charge in [-0.3, -0.25) is 14.5 Å². The molecule has 152 valence electrons. The number of ether oxygens (including phenoxy) is 2. The zero-order valence-corrected chi connectivity index (χ0v) is 16.9. The highest BCUT2D eigenvalue weighted by Crippen LogP contribution is 2.44. The molecule has 0 spiro atoms. The van der Waals surface area contributed by atoms with Crippen LogP contribution in [0.1, 0.15) is 31.9 Å². The first-order chi connectivity index (χ1) is 13.9. The van der Waals surface area contributed by atoms with E-state index in [1.165, 1.54) is 25.3 Å². The summed E-state index contributed by atoms with van der Waals surface area (Å²) in [5.41, 5.74) is 1.12. The molecule has 29 heavy (non-hydrogen) atoms. The van der Waals surface area contributed by atoms with Crippen molar-refractivity contribution in [3.05, 3.63) is 59.5 Å². The van der Waals surface area contributed by atoms with Gasteiger partial charge in [-0.05, 0) is 18.1 Å². The number of benzene rings is 1. The summed E-state index contributed by atoms with van der Waals surface area (Å²) in [5, 5.41) is 10.7. The molecule has 1 aromatic carbocycles. The van der Waals surface area contributed by atoms with Gasteiger partial charge in [0, 0.05) is 18.1 Å². The molecule has 7 nitrogen and oxygen atoms in total. The number of aliphatic hydroxyl groups is 1. The Morgan fingerprint density at radius 2 is 1.90 bits per heavy atom. The molecule has 0 fully saturated rings. The van der Waals surface area contributed by atoms with Crippen molar-refractivity contribution in [3.63, 3.8) is 0 Å². The van der Waals surface area contributed by atoms with Crippen molar-refractivity contribution in [2.45, 2.75) is 26.3 Å². The highest BCUT2D eigenvalue weighted by Gasteiger charge is 2.45. The molecule has 1 amide bonds. The van der Waals surface area contributed by atoms with E-state index < -0.39 is 17.7 Å². The van der Waals surface area contributed by atoms with Crippen molar-refractivity contribution in [3.8, 4) is 11.6 Å². The summed E-state index contributed by atoms with van der Waals surface area (Å²) >= 11 is 0. The highest BCUT2D eigenvalue weighted by molar-refractivity contribution is 6.16. The predicted molar refractivity (Wildman–Crippen MR) is 108 cm³/mol. The Kier molecular flexibility index (Phi) is 5.87. The highest BCUT2D eigenvalue weighted by atomic mass is 16.5. The summed E-state index contributed by atoms with van der Waals surface area (Å²) in [4.78, 5) is 31.5. The zero-order valence-electron chi connectivity index (χ0n) is 16.9. The van der Waals surface area contributed by atoms with Gasteiger partial charge in [0.2, 0.25) is 5.88 Å². The largest absolute Gasteiger partial charge is 0.503 e. The molecular weight excluding hydrogens is 372 g/mol. The van der Waals surface area contributed by atoms with Crippen LogP contribution in [0.15, 0.2) is 53.9 Å². The molecular formula is C22H24N2O5. The molecule has 7 heteroatoms. The number of rotatable bonds is 7. The van der Waals surface area contributed by atoms with Gasteiger partial charge in [-0.2, -0.15) is 0 Å². The summed E-state index contributed by atoms with van der Waals surface area (Å²) in [6.45, 7) is 3.82. The van der Waals surface area contributed by atoms with Gasteiger partial charge in [0.1, 0.15) is 5.75 Å². The molecule has 2 aromatic rings. The lowest BCUT2D eigenvalue weighted by atomic mass is 9.91. The Morgan fingerprint density at radius 3 is 2.48 bits per heavy atom. The van der Waals surface area contributed by atoms with E-state index in [4.69, 9.17) is 9.47 Å². The first kappa shape index (κ1) is 20.4. The van der Waals surface area contributed by atoms with Crippen LogP contribution in [0.25, 0.3) is 0 Å². The number of anilines is 1. The Labute approximate surface area is 169 Å². The molecule has 1 aromatic heterocycles. The van der Waals surface area contributed by atoms with E-state index in [9.17, 15) is 14.7 Å². The molecule has 2 heterocycles. The summed E-state index contributed by atoms with van der Waals surface area (Å²) in [7, 11) is 3.02. The number of nitrogens with zero attached hydrogens (tertiary/aromatic N) is 2. The van der Waals surface area contributed by atoms with Crippen LogP contribution in [0.2, 0.25) is 0 Å². The molecule has 0 radical (unpaired) electrons. The minimum atomic E-state index is -0.819. The first-order valence-electron chi connectivity index (χ1n) is 9.31. The lowest BCUT2D eigenvalue weighted by molar-refractivity contribution is -0.118. The average Bonchev–Trinajstić information content (AvgIpc) is 2.98. The number of carbonyl (C=O) groups is 2. The summed E-state index contributed by atoms with van der Waals surface area (Å²) in [6.07, 6.45) is 1.69. The number of methoxy groups -OCH3 is 2. The Morgan fingerprint density at radius 1 is 1.17 bits per heavy atom. The number of Topliss-reactive ketones (excluding diaryl/α,β-unsaturated/α-hetero) is 1. The lowest BCUT2D eigenvalue weighted by Crippen LogP contribution is -2.31. The average molecular weight is 396 g/mol. The molecule has 0 saturated carbocycles. The van der Waals surface area contributed by atoms with E-state index in [1.807, 2.05) is 13.8 Å². The van der Waals surface area contributed by atoms with Gasteiger partial charge in [-0.15, -0.1) is 0 Å².